The minimum atomic E-state index is -4.01. The molecule has 0 spiro atoms. The Balaban J connectivity index is 1.80. The van der Waals surface area contributed by atoms with E-state index in [4.69, 9.17) is 9.47 Å². The van der Waals surface area contributed by atoms with Gasteiger partial charge < -0.3 is 20.1 Å². The van der Waals surface area contributed by atoms with E-state index in [1.165, 1.54) is 43.5 Å². The fraction of sp³-hybridized carbons (Fsp3) is 0.300. The molecule has 0 aromatic heterocycles. The molecule has 7 nitrogen and oxygen atoms in total. The Kier molecular flexibility index (Phi) is 10.1. The standard InChI is InChI=1S/C30H32F2N2O5/c1-4-5-18-39-25-14-10-21(11-15-25)28(30(31,32)29(37)22-8-6-20(2)7-9-22)34-27(36)19-26(35)33-23-12-16-24(38-3)17-13-23/h6-17,28H,4-5,18-19H2,1-3H3,(H,33,35)(H,34,36). The molecule has 1 atom stereocenters. The minimum Gasteiger partial charge on any atom is -0.497 e. The van der Waals surface area contributed by atoms with E-state index in [0.717, 1.165) is 18.4 Å². The lowest BCUT2D eigenvalue weighted by atomic mass is 9.93. The van der Waals surface area contributed by atoms with E-state index in [2.05, 4.69) is 10.6 Å². The third kappa shape index (κ3) is 8.10. The fourth-order valence-electron chi connectivity index (χ4n) is 3.74. The number of hydrogen-bond donors (Lipinski definition) is 2. The molecule has 39 heavy (non-hydrogen) atoms. The zero-order valence-corrected chi connectivity index (χ0v) is 22.1. The van der Waals surface area contributed by atoms with Crippen molar-refractivity contribution in [2.24, 2.45) is 0 Å². The normalized spacial score (nSPS) is 11.8. The van der Waals surface area contributed by atoms with Crippen molar-refractivity contribution in [1.29, 1.82) is 0 Å². The molecule has 9 heteroatoms. The highest BCUT2D eigenvalue weighted by Gasteiger charge is 2.49. The number of methoxy groups -OCH3 is 1. The van der Waals surface area contributed by atoms with Gasteiger partial charge in [-0.2, -0.15) is 8.78 Å². The fourth-order valence-corrected chi connectivity index (χ4v) is 3.74. The molecular formula is C30H32F2N2O5. The molecule has 0 radical (unpaired) electrons. The zero-order valence-electron chi connectivity index (χ0n) is 22.1. The van der Waals surface area contributed by atoms with E-state index in [9.17, 15) is 14.4 Å². The van der Waals surface area contributed by atoms with E-state index in [-0.39, 0.29) is 11.1 Å². The smallest absolute Gasteiger partial charge is 0.333 e. The van der Waals surface area contributed by atoms with Gasteiger partial charge in [0, 0.05) is 11.3 Å². The van der Waals surface area contributed by atoms with Crippen molar-refractivity contribution in [2.45, 2.75) is 45.1 Å². The number of anilines is 1. The van der Waals surface area contributed by atoms with Crippen LogP contribution in [0.15, 0.2) is 72.8 Å². The Labute approximate surface area is 226 Å². The summed E-state index contributed by atoms with van der Waals surface area (Å²) in [5.74, 6) is -6.07. The Morgan fingerprint density at radius 1 is 0.872 bits per heavy atom. The quantitative estimate of drug-likeness (QED) is 0.161. The van der Waals surface area contributed by atoms with Crippen LogP contribution in [0.1, 0.15) is 53.7 Å². The van der Waals surface area contributed by atoms with Gasteiger partial charge in [-0.15, -0.1) is 0 Å². The molecular weight excluding hydrogens is 506 g/mol. The van der Waals surface area contributed by atoms with Gasteiger partial charge in [0.2, 0.25) is 17.6 Å². The molecule has 206 valence electrons. The van der Waals surface area contributed by atoms with Crippen LogP contribution in [-0.4, -0.2) is 37.2 Å². The SMILES string of the molecule is CCCCOc1ccc(C(NC(=O)CC(=O)Nc2ccc(OC)cc2)C(F)(F)C(=O)c2ccc(C)cc2)cc1. The minimum absolute atomic E-state index is 0.00721. The van der Waals surface area contributed by atoms with Gasteiger partial charge in [-0.05, 0) is 55.3 Å². The van der Waals surface area contributed by atoms with Crippen LogP contribution in [0.5, 0.6) is 11.5 Å². The first kappa shape index (κ1) is 29.3. The maximum absolute atomic E-state index is 15.7. The highest BCUT2D eigenvalue weighted by Crippen LogP contribution is 2.35. The summed E-state index contributed by atoms with van der Waals surface area (Å²) >= 11 is 0. The van der Waals surface area contributed by atoms with Crippen LogP contribution in [0.25, 0.3) is 0 Å². The molecule has 0 fully saturated rings. The third-order valence-electron chi connectivity index (χ3n) is 5.96. The number of ether oxygens (including phenoxy) is 2. The first-order valence-corrected chi connectivity index (χ1v) is 12.6. The molecule has 0 aliphatic carbocycles. The van der Waals surface area contributed by atoms with Gasteiger partial charge in [0.05, 0.1) is 13.7 Å². The number of halogens is 2. The highest BCUT2D eigenvalue weighted by atomic mass is 19.3. The summed E-state index contributed by atoms with van der Waals surface area (Å²) in [5.41, 5.74) is 1.01. The number of amides is 2. The van der Waals surface area contributed by atoms with Crippen LogP contribution < -0.4 is 20.1 Å². The van der Waals surface area contributed by atoms with Crippen LogP contribution in [0.3, 0.4) is 0 Å². The zero-order chi connectivity index (χ0) is 28.4. The predicted molar refractivity (Wildman–Crippen MR) is 144 cm³/mol. The maximum Gasteiger partial charge on any atom is 0.333 e. The van der Waals surface area contributed by atoms with Crippen LogP contribution >= 0.6 is 0 Å². The lowest BCUT2D eigenvalue weighted by Gasteiger charge is -2.27. The van der Waals surface area contributed by atoms with Crippen LogP contribution in [0, 0.1) is 6.92 Å². The number of benzene rings is 3. The monoisotopic (exact) mass is 538 g/mol. The van der Waals surface area contributed by atoms with Crippen LogP contribution in [0.2, 0.25) is 0 Å². The van der Waals surface area contributed by atoms with E-state index in [1.807, 2.05) is 6.92 Å². The Hall–Kier alpha value is -4.27. The summed E-state index contributed by atoms with van der Waals surface area (Å²) in [6, 6.07) is 15.9. The van der Waals surface area contributed by atoms with E-state index < -0.39 is 36.0 Å². The number of carbonyl (C=O) groups is 3. The molecule has 2 amide bonds. The van der Waals surface area contributed by atoms with E-state index in [0.29, 0.717) is 23.8 Å². The molecule has 0 aliphatic heterocycles. The molecule has 3 aromatic carbocycles. The van der Waals surface area contributed by atoms with Gasteiger partial charge in [-0.1, -0.05) is 55.3 Å². The van der Waals surface area contributed by atoms with Crippen LogP contribution in [0.4, 0.5) is 14.5 Å². The Morgan fingerprint density at radius 2 is 1.49 bits per heavy atom. The molecule has 0 heterocycles. The van der Waals surface area contributed by atoms with Crippen molar-refractivity contribution in [3.8, 4) is 11.5 Å². The molecule has 3 aromatic rings. The lowest BCUT2D eigenvalue weighted by molar-refractivity contribution is -0.129. The number of ketones is 1. The van der Waals surface area contributed by atoms with Gasteiger partial charge in [0.15, 0.2) is 0 Å². The summed E-state index contributed by atoms with van der Waals surface area (Å²) in [5, 5.41) is 4.75. The summed E-state index contributed by atoms with van der Waals surface area (Å²) in [7, 11) is 1.50. The second-order valence-corrected chi connectivity index (χ2v) is 9.04. The predicted octanol–water partition coefficient (Wildman–Crippen LogP) is 5.89. The van der Waals surface area contributed by atoms with Crippen molar-refractivity contribution >= 4 is 23.3 Å². The van der Waals surface area contributed by atoms with Gasteiger partial charge in [0.1, 0.15) is 24.0 Å². The number of aryl methyl sites for hydroxylation is 1. The topological polar surface area (TPSA) is 93.7 Å². The second-order valence-electron chi connectivity index (χ2n) is 9.04. The summed E-state index contributed by atoms with van der Waals surface area (Å²) in [6.07, 6.45) is 1.04. The molecule has 3 rings (SSSR count). The van der Waals surface area contributed by atoms with Gasteiger partial charge in [-0.25, -0.2) is 0 Å². The number of nitrogens with one attached hydrogen (secondary N) is 2. The molecule has 0 saturated heterocycles. The molecule has 0 saturated carbocycles. The van der Waals surface area contributed by atoms with Crippen molar-refractivity contribution in [3.05, 3.63) is 89.5 Å². The number of hydrogen-bond acceptors (Lipinski definition) is 5. The number of carbonyl (C=O) groups excluding carboxylic acids is 3. The van der Waals surface area contributed by atoms with Crippen LogP contribution in [-0.2, 0) is 9.59 Å². The molecule has 0 bridgehead atoms. The summed E-state index contributed by atoms with van der Waals surface area (Å²) < 4.78 is 42.1. The Bertz CT molecular complexity index is 1260. The number of rotatable bonds is 13. The highest BCUT2D eigenvalue weighted by molar-refractivity contribution is 6.05. The average molecular weight is 539 g/mol. The average Bonchev–Trinajstić information content (AvgIpc) is 2.92. The number of Topliss-reactive ketones (excluding diaryl/α,β-unsaturated/α-hetero) is 1. The van der Waals surface area contributed by atoms with Gasteiger partial charge in [0.25, 0.3) is 0 Å². The van der Waals surface area contributed by atoms with Gasteiger partial charge >= 0.3 is 5.92 Å². The first-order valence-electron chi connectivity index (χ1n) is 12.6. The van der Waals surface area contributed by atoms with Crippen molar-refractivity contribution < 1.29 is 32.6 Å². The molecule has 0 aliphatic rings. The van der Waals surface area contributed by atoms with E-state index >= 15 is 8.78 Å². The van der Waals surface area contributed by atoms with E-state index in [1.54, 1.807) is 43.3 Å². The number of alkyl halides is 2. The Morgan fingerprint density at radius 3 is 2.08 bits per heavy atom. The lowest BCUT2D eigenvalue weighted by Crippen LogP contribution is -2.46. The summed E-state index contributed by atoms with van der Waals surface area (Å²) in [4.78, 5) is 38.1. The summed E-state index contributed by atoms with van der Waals surface area (Å²) in [6.45, 7) is 4.27. The van der Waals surface area contributed by atoms with Gasteiger partial charge in [-0.3, -0.25) is 14.4 Å². The number of unbranched alkanes of at least 4 members (excludes halogenated alkanes) is 1. The second kappa shape index (κ2) is 13.5. The molecule has 1 unspecified atom stereocenters. The largest absolute Gasteiger partial charge is 0.497 e. The maximum atomic E-state index is 15.7. The first-order chi connectivity index (χ1) is 18.6. The molecule has 2 N–H and O–H groups in total. The van der Waals surface area contributed by atoms with Crippen molar-refractivity contribution in [1.82, 2.24) is 5.32 Å². The third-order valence-corrected chi connectivity index (χ3v) is 5.96. The van der Waals surface area contributed by atoms with Crippen molar-refractivity contribution in [3.63, 3.8) is 0 Å². The van der Waals surface area contributed by atoms with Crippen molar-refractivity contribution in [2.75, 3.05) is 19.0 Å².